The molecule has 96 valence electrons. The molecule has 0 saturated carbocycles. The molecular weight excluding hydrogens is 222 g/mol. The molecule has 18 heavy (non-hydrogen) atoms. The van der Waals surface area contributed by atoms with Crippen LogP contribution in [0.2, 0.25) is 0 Å². The van der Waals surface area contributed by atoms with Crippen molar-refractivity contribution in [1.29, 1.82) is 0 Å². The summed E-state index contributed by atoms with van der Waals surface area (Å²) in [6.07, 6.45) is 1.76. The summed E-state index contributed by atoms with van der Waals surface area (Å²) < 4.78 is 5.44. The molecule has 1 unspecified atom stereocenters. The lowest BCUT2D eigenvalue weighted by molar-refractivity contribution is 0.519. The lowest BCUT2D eigenvalue weighted by atomic mass is 9.94. The van der Waals surface area contributed by atoms with Crippen LogP contribution in [-0.2, 0) is 0 Å². The van der Waals surface area contributed by atoms with Gasteiger partial charge in [-0.2, -0.15) is 0 Å². The zero-order valence-electron chi connectivity index (χ0n) is 11.6. The van der Waals surface area contributed by atoms with Gasteiger partial charge in [0, 0.05) is 5.56 Å². The van der Waals surface area contributed by atoms with Crippen molar-refractivity contribution >= 4 is 0 Å². The summed E-state index contributed by atoms with van der Waals surface area (Å²) in [5.41, 5.74) is 5.17. The summed E-state index contributed by atoms with van der Waals surface area (Å²) >= 11 is 0. The average Bonchev–Trinajstić information content (AvgIpc) is 2.73. The highest BCUT2D eigenvalue weighted by Crippen LogP contribution is 2.28. The van der Waals surface area contributed by atoms with Crippen molar-refractivity contribution in [3.8, 4) is 0 Å². The van der Waals surface area contributed by atoms with Crippen LogP contribution in [0, 0.1) is 20.8 Å². The van der Waals surface area contributed by atoms with Crippen molar-refractivity contribution in [2.24, 2.45) is 0 Å². The van der Waals surface area contributed by atoms with E-state index in [0.717, 1.165) is 12.3 Å². The maximum absolute atomic E-state index is 5.44. The number of benzene rings is 1. The Morgan fingerprint density at radius 1 is 1.11 bits per heavy atom. The Bertz CT molecular complexity index is 528. The van der Waals surface area contributed by atoms with Crippen molar-refractivity contribution < 1.29 is 4.42 Å². The molecule has 2 aromatic rings. The minimum absolute atomic E-state index is 0.217. The molecule has 1 atom stereocenters. The average molecular weight is 243 g/mol. The standard InChI is InChI=1S/C16H21NO/c1-5-17-16(15-8-9-18-13(15)4)14-7-6-11(2)10-12(14)3/h6-10,16-17H,5H2,1-4H3. The molecule has 2 nitrogen and oxygen atoms in total. The van der Waals surface area contributed by atoms with E-state index in [1.807, 2.05) is 6.92 Å². The van der Waals surface area contributed by atoms with Crippen LogP contribution in [0.5, 0.6) is 0 Å². The van der Waals surface area contributed by atoms with E-state index in [-0.39, 0.29) is 6.04 Å². The third kappa shape index (κ3) is 2.49. The van der Waals surface area contributed by atoms with Crippen LogP contribution in [0.3, 0.4) is 0 Å². The number of rotatable bonds is 4. The second kappa shape index (κ2) is 5.40. The molecular formula is C16H21NO. The first-order valence-corrected chi connectivity index (χ1v) is 6.48. The van der Waals surface area contributed by atoms with E-state index >= 15 is 0 Å². The Morgan fingerprint density at radius 3 is 2.44 bits per heavy atom. The summed E-state index contributed by atoms with van der Waals surface area (Å²) in [4.78, 5) is 0. The van der Waals surface area contributed by atoms with Crippen molar-refractivity contribution in [2.75, 3.05) is 6.54 Å². The van der Waals surface area contributed by atoms with Gasteiger partial charge in [-0.1, -0.05) is 30.7 Å². The molecule has 0 aliphatic rings. The van der Waals surface area contributed by atoms with Gasteiger partial charge in [0.15, 0.2) is 0 Å². The number of furan rings is 1. The third-order valence-electron chi connectivity index (χ3n) is 3.35. The van der Waals surface area contributed by atoms with E-state index in [2.05, 4.69) is 50.4 Å². The maximum Gasteiger partial charge on any atom is 0.105 e. The molecule has 0 radical (unpaired) electrons. The summed E-state index contributed by atoms with van der Waals surface area (Å²) in [5.74, 6) is 0.987. The predicted octanol–water partition coefficient (Wildman–Crippen LogP) is 3.90. The van der Waals surface area contributed by atoms with Crippen LogP contribution in [0.4, 0.5) is 0 Å². The van der Waals surface area contributed by atoms with Crippen LogP contribution in [0.25, 0.3) is 0 Å². The first kappa shape index (κ1) is 12.9. The van der Waals surface area contributed by atoms with Gasteiger partial charge in [0.2, 0.25) is 0 Å². The van der Waals surface area contributed by atoms with E-state index < -0.39 is 0 Å². The Morgan fingerprint density at radius 2 is 1.89 bits per heavy atom. The predicted molar refractivity (Wildman–Crippen MR) is 74.9 cm³/mol. The van der Waals surface area contributed by atoms with E-state index in [1.165, 1.54) is 22.3 Å². The highest BCUT2D eigenvalue weighted by Gasteiger charge is 2.18. The minimum atomic E-state index is 0.217. The summed E-state index contributed by atoms with van der Waals surface area (Å²) in [5, 5.41) is 3.54. The normalized spacial score (nSPS) is 12.7. The van der Waals surface area contributed by atoms with Crippen molar-refractivity contribution in [1.82, 2.24) is 5.32 Å². The van der Waals surface area contributed by atoms with Gasteiger partial charge < -0.3 is 9.73 Å². The zero-order valence-corrected chi connectivity index (χ0v) is 11.6. The van der Waals surface area contributed by atoms with Crippen LogP contribution in [0.15, 0.2) is 34.9 Å². The van der Waals surface area contributed by atoms with Crippen molar-refractivity contribution in [3.05, 3.63) is 58.5 Å². The van der Waals surface area contributed by atoms with Gasteiger partial charge in [0.25, 0.3) is 0 Å². The Balaban J connectivity index is 2.45. The second-order valence-corrected chi connectivity index (χ2v) is 4.78. The van der Waals surface area contributed by atoms with Gasteiger partial charge in [-0.05, 0) is 44.5 Å². The molecule has 1 aromatic carbocycles. The zero-order chi connectivity index (χ0) is 13.1. The Hall–Kier alpha value is -1.54. The van der Waals surface area contributed by atoms with Gasteiger partial charge in [0.05, 0.1) is 12.3 Å². The lowest BCUT2D eigenvalue weighted by Gasteiger charge is -2.20. The number of nitrogens with one attached hydrogen (secondary N) is 1. The Labute approximate surface area is 109 Å². The molecule has 1 aromatic heterocycles. The maximum atomic E-state index is 5.44. The fourth-order valence-corrected chi connectivity index (χ4v) is 2.44. The highest BCUT2D eigenvalue weighted by molar-refractivity contribution is 5.39. The topological polar surface area (TPSA) is 25.2 Å². The lowest BCUT2D eigenvalue weighted by Crippen LogP contribution is -2.23. The molecule has 1 heterocycles. The van der Waals surface area contributed by atoms with Gasteiger partial charge in [-0.25, -0.2) is 0 Å². The first-order valence-electron chi connectivity index (χ1n) is 6.48. The number of hydrogen-bond donors (Lipinski definition) is 1. The molecule has 0 aliphatic heterocycles. The van der Waals surface area contributed by atoms with E-state index in [0.29, 0.717) is 0 Å². The van der Waals surface area contributed by atoms with E-state index in [4.69, 9.17) is 4.42 Å². The molecule has 0 spiro atoms. The molecule has 0 bridgehead atoms. The fraction of sp³-hybridized carbons (Fsp3) is 0.375. The minimum Gasteiger partial charge on any atom is -0.469 e. The largest absolute Gasteiger partial charge is 0.469 e. The molecule has 0 amide bonds. The van der Waals surface area contributed by atoms with Crippen LogP contribution >= 0.6 is 0 Å². The fourth-order valence-electron chi connectivity index (χ4n) is 2.44. The van der Waals surface area contributed by atoms with Gasteiger partial charge in [0.1, 0.15) is 5.76 Å². The molecule has 0 saturated heterocycles. The van der Waals surface area contributed by atoms with Gasteiger partial charge in [-0.3, -0.25) is 0 Å². The number of aryl methyl sites for hydroxylation is 3. The van der Waals surface area contributed by atoms with Crippen LogP contribution in [-0.4, -0.2) is 6.54 Å². The summed E-state index contributed by atoms with van der Waals surface area (Å²) in [6, 6.07) is 8.89. The van der Waals surface area contributed by atoms with Crippen molar-refractivity contribution in [2.45, 2.75) is 33.7 Å². The summed E-state index contributed by atoms with van der Waals surface area (Å²) in [7, 11) is 0. The monoisotopic (exact) mass is 243 g/mol. The molecule has 2 rings (SSSR count). The quantitative estimate of drug-likeness (QED) is 0.881. The van der Waals surface area contributed by atoms with E-state index in [9.17, 15) is 0 Å². The highest BCUT2D eigenvalue weighted by atomic mass is 16.3. The molecule has 0 aliphatic carbocycles. The van der Waals surface area contributed by atoms with Gasteiger partial charge >= 0.3 is 0 Å². The molecule has 0 fully saturated rings. The molecule has 1 N–H and O–H groups in total. The third-order valence-corrected chi connectivity index (χ3v) is 3.35. The second-order valence-electron chi connectivity index (χ2n) is 4.78. The summed E-state index contributed by atoms with van der Waals surface area (Å²) in [6.45, 7) is 9.38. The SMILES string of the molecule is CCNC(c1ccc(C)cc1C)c1ccoc1C. The van der Waals surface area contributed by atoms with Crippen molar-refractivity contribution in [3.63, 3.8) is 0 Å². The molecule has 2 heteroatoms. The van der Waals surface area contributed by atoms with Crippen LogP contribution < -0.4 is 5.32 Å². The smallest absolute Gasteiger partial charge is 0.105 e. The van der Waals surface area contributed by atoms with Crippen LogP contribution in [0.1, 0.15) is 41.0 Å². The Kier molecular flexibility index (Phi) is 3.87. The van der Waals surface area contributed by atoms with Gasteiger partial charge in [-0.15, -0.1) is 0 Å². The number of hydrogen-bond acceptors (Lipinski definition) is 2. The van der Waals surface area contributed by atoms with E-state index in [1.54, 1.807) is 6.26 Å². The first-order chi connectivity index (χ1) is 8.63.